The number of nitrogens with one attached hydrogen (secondary N) is 1. The van der Waals surface area contributed by atoms with Crippen LogP contribution in [0, 0.1) is 0 Å². The SMILES string of the molecule is CCCCOc1ccccc1C=NNC(=O)c1sc(N)nc1CC. The minimum absolute atomic E-state index is 0.304. The van der Waals surface area contributed by atoms with Crippen LogP contribution in [0.15, 0.2) is 29.4 Å². The van der Waals surface area contributed by atoms with E-state index >= 15 is 0 Å². The van der Waals surface area contributed by atoms with E-state index in [1.807, 2.05) is 31.2 Å². The maximum Gasteiger partial charge on any atom is 0.283 e. The van der Waals surface area contributed by atoms with Gasteiger partial charge in [0.2, 0.25) is 0 Å². The number of nitrogens with two attached hydrogens (primary N) is 1. The number of nitrogens with zero attached hydrogens (tertiary/aromatic N) is 2. The summed E-state index contributed by atoms with van der Waals surface area (Å²) in [5, 5.41) is 4.41. The van der Waals surface area contributed by atoms with Gasteiger partial charge in [0.1, 0.15) is 10.6 Å². The zero-order valence-corrected chi connectivity index (χ0v) is 14.7. The Morgan fingerprint density at radius 2 is 2.21 bits per heavy atom. The smallest absolute Gasteiger partial charge is 0.283 e. The van der Waals surface area contributed by atoms with E-state index in [0.717, 1.165) is 24.2 Å². The number of hydrogen-bond acceptors (Lipinski definition) is 6. The van der Waals surface area contributed by atoms with E-state index in [-0.39, 0.29) is 5.91 Å². The summed E-state index contributed by atoms with van der Waals surface area (Å²) in [4.78, 5) is 16.8. The number of ether oxygens (including phenoxy) is 1. The fourth-order valence-corrected chi connectivity index (χ4v) is 2.85. The summed E-state index contributed by atoms with van der Waals surface area (Å²) in [6.45, 7) is 4.70. The molecule has 0 aliphatic carbocycles. The number of aromatic nitrogens is 1. The maximum atomic E-state index is 12.2. The molecule has 128 valence electrons. The van der Waals surface area contributed by atoms with E-state index in [0.29, 0.717) is 28.7 Å². The number of unbranched alkanes of at least 4 members (excludes halogenated alkanes) is 1. The molecule has 7 heteroatoms. The molecule has 1 amide bonds. The third kappa shape index (κ3) is 4.79. The van der Waals surface area contributed by atoms with Gasteiger partial charge in [-0.3, -0.25) is 4.79 Å². The van der Waals surface area contributed by atoms with E-state index in [2.05, 4.69) is 22.4 Å². The van der Waals surface area contributed by atoms with E-state index in [9.17, 15) is 4.79 Å². The molecule has 6 nitrogen and oxygen atoms in total. The van der Waals surface area contributed by atoms with Gasteiger partial charge in [0.05, 0.1) is 18.5 Å². The molecule has 1 heterocycles. The molecule has 0 saturated carbocycles. The number of nitrogen functional groups attached to an aromatic ring is 1. The van der Waals surface area contributed by atoms with Gasteiger partial charge in [0.15, 0.2) is 5.13 Å². The zero-order chi connectivity index (χ0) is 17.4. The molecule has 24 heavy (non-hydrogen) atoms. The number of benzene rings is 1. The van der Waals surface area contributed by atoms with Crippen LogP contribution in [-0.2, 0) is 6.42 Å². The fraction of sp³-hybridized carbons (Fsp3) is 0.353. The first-order valence-corrected chi connectivity index (χ1v) is 8.77. The number of anilines is 1. The van der Waals surface area contributed by atoms with E-state index in [4.69, 9.17) is 10.5 Å². The molecule has 0 atom stereocenters. The maximum absolute atomic E-state index is 12.2. The molecule has 0 saturated heterocycles. The largest absolute Gasteiger partial charge is 0.493 e. The quantitative estimate of drug-likeness (QED) is 0.436. The van der Waals surface area contributed by atoms with Crippen LogP contribution in [0.25, 0.3) is 0 Å². The number of carbonyl (C=O) groups is 1. The monoisotopic (exact) mass is 346 g/mol. The minimum Gasteiger partial charge on any atom is -0.493 e. The van der Waals surface area contributed by atoms with E-state index < -0.39 is 0 Å². The molecule has 1 aromatic carbocycles. The third-order valence-electron chi connectivity index (χ3n) is 3.30. The lowest BCUT2D eigenvalue weighted by atomic mass is 10.2. The number of hydrazone groups is 1. The summed E-state index contributed by atoms with van der Waals surface area (Å²) in [5.74, 6) is 0.446. The second-order valence-electron chi connectivity index (χ2n) is 5.12. The first kappa shape index (κ1) is 17.9. The van der Waals surface area contributed by atoms with Crippen molar-refractivity contribution in [2.45, 2.75) is 33.1 Å². The van der Waals surface area contributed by atoms with E-state index in [1.165, 1.54) is 11.3 Å². The summed E-state index contributed by atoms with van der Waals surface area (Å²) >= 11 is 1.17. The number of thiazole rings is 1. The standard InChI is InChI=1S/C17H22N4O2S/c1-3-5-10-23-14-9-7-6-8-12(14)11-19-21-16(22)15-13(4-2)20-17(18)24-15/h6-9,11H,3-5,10H2,1-2H3,(H2,18,20)(H,21,22). The number of hydrogen-bond donors (Lipinski definition) is 2. The van der Waals surface area contributed by atoms with Crippen molar-refractivity contribution in [3.8, 4) is 5.75 Å². The van der Waals surface area contributed by atoms with Gasteiger partial charge in [0.25, 0.3) is 5.91 Å². The van der Waals surface area contributed by atoms with Crippen molar-refractivity contribution in [1.82, 2.24) is 10.4 Å². The minimum atomic E-state index is -0.304. The van der Waals surface area contributed by atoms with Crippen molar-refractivity contribution < 1.29 is 9.53 Å². The van der Waals surface area contributed by atoms with Gasteiger partial charge >= 0.3 is 0 Å². The second kappa shape index (κ2) is 9.02. The molecule has 0 fully saturated rings. The van der Waals surface area contributed by atoms with Gasteiger partial charge in [-0.15, -0.1) is 0 Å². The Balaban J connectivity index is 2.02. The summed E-state index contributed by atoms with van der Waals surface area (Å²) in [6, 6.07) is 7.58. The van der Waals surface area contributed by atoms with Crippen molar-refractivity contribution in [3.63, 3.8) is 0 Å². The normalized spacial score (nSPS) is 10.9. The van der Waals surface area contributed by atoms with Gasteiger partial charge < -0.3 is 10.5 Å². The fourth-order valence-electron chi connectivity index (χ4n) is 2.04. The van der Waals surface area contributed by atoms with Gasteiger partial charge in [-0.05, 0) is 25.0 Å². The highest BCUT2D eigenvalue weighted by atomic mass is 32.1. The Bertz CT molecular complexity index is 712. The summed E-state index contributed by atoms with van der Waals surface area (Å²) in [5.41, 5.74) is 9.68. The van der Waals surface area contributed by atoms with Gasteiger partial charge in [0, 0.05) is 5.56 Å². The van der Waals surface area contributed by atoms with Gasteiger partial charge in [-0.1, -0.05) is 43.7 Å². The third-order valence-corrected chi connectivity index (χ3v) is 4.22. The lowest BCUT2D eigenvalue weighted by molar-refractivity contribution is 0.0958. The first-order valence-electron chi connectivity index (χ1n) is 7.96. The molecular weight excluding hydrogens is 324 g/mol. The average molecular weight is 346 g/mol. The Morgan fingerprint density at radius 3 is 2.96 bits per heavy atom. The molecular formula is C17H22N4O2S. The first-order chi connectivity index (χ1) is 11.7. The highest BCUT2D eigenvalue weighted by Gasteiger charge is 2.15. The zero-order valence-electron chi connectivity index (χ0n) is 13.9. The van der Waals surface area contributed by atoms with E-state index in [1.54, 1.807) is 6.21 Å². The Hall–Kier alpha value is -2.41. The predicted octanol–water partition coefficient (Wildman–Crippen LogP) is 3.23. The Kier molecular flexibility index (Phi) is 6.74. The number of amides is 1. The lowest BCUT2D eigenvalue weighted by Gasteiger charge is -2.07. The Morgan fingerprint density at radius 1 is 1.42 bits per heavy atom. The molecule has 2 aromatic rings. The summed E-state index contributed by atoms with van der Waals surface area (Å²) in [7, 11) is 0. The van der Waals surface area contributed by atoms with Crippen molar-refractivity contribution in [1.29, 1.82) is 0 Å². The highest BCUT2D eigenvalue weighted by Crippen LogP contribution is 2.21. The summed E-state index contributed by atoms with van der Waals surface area (Å²) < 4.78 is 5.73. The average Bonchev–Trinajstić information content (AvgIpc) is 2.97. The molecule has 3 N–H and O–H groups in total. The van der Waals surface area contributed by atoms with Crippen LogP contribution in [-0.4, -0.2) is 23.7 Å². The van der Waals surface area contributed by atoms with Crippen molar-refractivity contribution in [3.05, 3.63) is 40.4 Å². The Labute approximate surface area is 145 Å². The second-order valence-corrected chi connectivity index (χ2v) is 6.15. The summed E-state index contributed by atoms with van der Waals surface area (Å²) in [6.07, 6.45) is 4.29. The van der Waals surface area contributed by atoms with Crippen molar-refractivity contribution in [2.75, 3.05) is 12.3 Å². The number of rotatable bonds is 8. The topological polar surface area (TPSA) is 89.6 Å². The van der Waals surface area contributed by atoms with Crippen LogP contribution < -0.4 is 15.9 Å². The molecule has 1 aromatic heterocycles. The molecule has 0 spiro atoms. The van der Waals surface area contributed by atoms with Crippen LogP contribution in [0.5, 0.6) is 5.75 Å². The van der Waals surface area contributed by atoms with Crippen LogP contribution in [0.1, 0.15) is 47.6 Å². The molecule has 0 radical (unpaired) electrons. The van der Waals surface area contributed by atoms with Crippen molar-refractivity contribution in [2.24, 2.45) is 5.10 Å². The molecule has 2 rings (SSSR count). The van der Waals surface area contributed by atoms with Crippen LogP contribution >= 0.6 is 11.3 Å². The van der Waals surface area contributed by atoms with Crippen LogP contribution in [0.2, 0.25) is 0 Å². The predicted molar refractivity (Wildman–Crippen MR) is 97.8 cm³/mol. The number of carbonyl (C=O) groups excluding carboxylic acids is 1. The molecule has 0 unspecified atom stereocenters. The van der Waals surface area contributed by atoms with Gasteiger partial charge in [-0.25, -0.2) is 10.4 Å². The molecule has 0 aliphatic heterocycles. The van der Waals surface area contributed by atoms with Crippen LogP contribution in [0.3, 0.4) is 0 Å². The lowest BCUT2D eigenvalue weighted by Crippen LogP contribution is -2.17. The van der Waals surface area contributed by atoms with Gasteiger partial charge in [-0.2, -0.15) is 5.10 Å². The number of aryl methyl sites for hydroxylation is 1. The number of para-hydroxylation sites is 1. The molecule has 0 aliphatic rings. The molecule has 0 bridgehead atoms. The van der Waals surface area contributed by atoms with Crippen molar-refractivity contribution >= 4 is 28.6 Å². The van der Waals surface area contributed by atoms with Crippen LogP contribution in [0.4, 0.5) is 5.13 Å². The highest BCUT2D eigenvalue weighted by molar-refractivity contribution is 7.17.